The van der Waals surface area contributed by atoms with Crippen molar-refractivity contribution in [2.24, 2.45) is 5.92 Å². The number of amides is 2. The lowest BCUT2D eigenvalue weighted by atomic mass is 9.99. The Hall–Kier alpha value is -1.56. The lowest BCUT2D eigenvalue weighted by Crippen LogP contribution is -2.42. The van der Waals surface area contributed by atoms with Crippen LogP contribution in [0.1, 0.15) is 31.5 Å². The number of hydrogen-bond donors (Lipinski definition) is 1. The third kappa shape index (κ3) is 3.80. The third-order valence-corrected chi connectivity index (χ3v) is 4.68. The maximum Gasteiger partial charge on any atom is 0.317 e. The Bertz CT molecular complexity index is 496. The van der Waals surface area contributed by atoms with Crippen molar-refractivity contribution >= 4 is 6.03 Å². The fourth-order valence-electron chi connectivity index (χ4n) is 3.40. The number of imidazole rings is 1. The molecule has 1 N–H and O–H groups in total. The van der Waals surface area contributed by atoms with Gasteiger partial charge in [-0.3, -0.25) is 0 Å². The van der Waals surface area contributed by atoms with Crippen molar-refractivity contribution in [1.29, 1.82) is 0 Å². The van der Waals surface area contributed by atoms with Gasteiger partial charge in [-0.2, -0.15) is 0 Å². The molecule has 2 amide bonds. The van der Waals surface area contributed by atoms with Gasteiger partial charge in [0.05, 0.1) is 6.10 Å². The average molecular weight is 306 g/mol. The van der Waals surface area contributed by atoms with Gasteiger partial charge in [0.2, 0.25) is 0 Å². The second-order valence-electron chi connectivity index (χ2n) is 6.44. The fraction of sp³-hybridized carbons (Fsp3) is 0.750. The van der Waals surface area contributed by atoms with Crippen LogP contribution in [-0.2, 0) is 17.7 Å². The first-order chi connectivity index (χ1) is 10.7. The van der Waals surface area contributed by atoms with Gasteiger partial charge in [0.1, 0.15) is 5.82 Å². The van der Waals surface area contributed by atoms with E-state index in [2.05, 4.69) is 14.9 Å². The van der Waals surface area contributed by atoms with Crippen LogP contribution in [0.5, 0.6) is 0 Å². The number of ether oxygens (including phenoxy) is 1. The van der Waals surface area contributed by atoms with Gasteiger partial charge < -0.3 is 19.5 Å². The number of carbonyl (C=O) groups is 1. The second-order valence-corrected chi connectivity index (χ2v) is 6.44. The van der Waals surface area contributed by atoms with E-state index in [1.54, 1.807) is 0 Å². The zero-order valence-corrected chi connectivity index (χ0v) is 13.3. The highest BCUT2D eigenvalue weighted by molar-refractivity contribution is 5.73. The predicted octanol–water partition coefficient (Wildman–Crippen LogP) is 1.66. The molecule has 2 unspecified atom stereocenters. The van der Waals surface area contributed by atoms with E-state index in [9.17, 15) is 4.79 Å². The summed E-state index contributed by atoms with van der Waals surface area (Å²) in [5.41, 5.74) is 0. The van der Waals surface area contributed by atoms with Crippen molar-refractivity contribution in [3.05, 3.63) is 18.2 Å². The first kappa shape index (κ1) is 15.3. The van der Waals surface area contributed by atoms with E-state index in [-0.39, 0.29) is 6.03 Å². The summed E-state index contributed by atoms with van der Waals surface area (Å²) in [5.74, 6) is 1.68. The molecule has 3 rings (SSSR count). The molecule has 122 valence electrons. The zero-order valence-electron chi connectivity index (χ0n) is 13.3. The molecule has 0 bridgehead atoms. The first-order valence-electron chi connectivity index (χ1n) is 8.33. The summed E-state index contributed by atoms with van der Waals surface area (Å²) in [6.45, 7) is 3.33. The van der Waals surface area contributed by atoms with Crippen molar-refractivity contribution in [2.75, 3.05) is 26.7 Å². The number of nitrogens with one attached hydrogen (secondary N) is 1. The molecule has 1 fully saturated rings. The van der Waals surface area contributed by atoms with Gasteiger partial charge in [-0.05, 0) is 31.6 Å². The zero-order chi connectivity index (χ0) is 15.4. The summed E-state index contributed by atoms with van der Waals surface area (Å²) in [7, 11) is 1.88. The standard InChI is InChI=1S/C16H26N4O2/c1-19(16(21)18-7-6-14-3-2-10-22-14)11-13-4-5-15-17-8-9-20(15)12-13/h8-9,13-14H,2-7,10-12H2,1H3,(H,18,21). The van der Waals surface area contributed by atoms with Crippen LogP contribution >= 0.6 is 0 Å². The van der Waals surface area contributed by atoms with Crippen LogP contribution in [0.15, 0.2) is 12.4 Å². The van der Waals surface area contributed by atoms with E-state index < -0.39 is 0 Å². The molecule has 2 atom stereocenters. The van der Waals surface area contributed by atoms with Crippen molar-refractivity contribution < 1.29 is 9.53 Å². The molecule has 1 aromatic heterocycles. The van der Waals surface area contributed by atoms with Crippen molar-refractivity contribution in [1.82, 2.24) is 19.8 Å². The Balaban J connectivity index is 1.38. The van der Waals surface area contributed by atoms with E-state index >= 15 is 0 Å². The maximum atomic E-state index is 12.1. The van der Waals surface area contributed by atoms with Gasteiger partial charge in [0.15, 0.2) is 0 Å². The van der Waals surface area contributed by atoms with Gasteiger partial charge in [-0.25, -0.2) is 9.78 Å². The fourth-order valence-corrected chi connectivity index (χ4v) is 3.40. The molecule has 1 saturated heterocycles. The number of aryl methyl sites for hydroxylation is 1. The Labute approximate surface area is 131 Å². The van der Waals surface area contributed by atoms with Gasteiger partial charge in [0.25, 0.3) is 0 Å². The van der Waals surface area contributed by atoms with Crippen LogP contribution in [0.4, 0.5) is 4.79 Å². The van der Waals surface area contributed by atoms with Crippen LogP contribution in [0, 0.1) is 5.92 Å². The summed E-state index contributed by atoms with van der Waals surface area (Å²) in [5, 5.41) is 3.00. The highest BCUT2D eigenvalue weighted by Gasteiger charge is 2.22. The average Bonchev–Trinajstić information content (AvgIpc) is 3.17. The maximum absolute atomic E-state index is 12.1. The third-order valence-electron chi connectivity index (χ3n) is 4.68. The monoisotopic (exact) mass is 306 g/mol. The van der Waals surface area contributed by atoms with Gasteiger partial charge in [0, 0.05) is 52.1 Å². The lowest BCUT2D eigenvalue weighted by molar-refractivity contribution is 0.104. The van der Waals surface area contributed by atoms with Gasteiger partial charge in [-0.1, -0.05) is 0 Å². The van der Waals surface area contributed by atoms with Crippen LogP contribution in [0.3, 0.4) is 0 Å². The number of hydrogen-bond acceptors (Lipinski definition) is 3. The van der Waals surface area contributed by atoms with Crippen LogP contribution in [-0.4, -0.2) is 53.3 Å². The van der Waals surface area contributed by atoms with E-state index in [4.69, 9.17) is 4.74 Å². The molecule has 6 heteroatoms. The van der Waals surface area contributed by atoms with Gasteiger partial charge >= 0.3 is 6.03 Å². The Morgan fingerprint density at radius 3 is 3.27 bits per heavy atom. The number of fused-ring (bicyclic) bond motifs is 1. The second kappa shape index (κ2) is 7.13. The summed E-state index contributed by atoms with van der Waals surface area (Å²) in [4.78, 5) is 18.3. The van der Waals surface area contributed by atoms with E-state index in [1.807, 2.05) is 24.3 Å². The molecule has 0 aromatic carbocycles. The van der Waals surface area contributed by atoms with E-state index in [1.165, 1.54) is 5.82 Å². The highest BCUT2D eigenvalue weighted by atomic mass is 16.5. The normalized spacial score (nSPS) is 24.0. The van der Waals surface area contributed by atoms with Crippen LogP contribution < -0.4 is 5.32 Å². The van der Waals surface area contributed by atoms with Crippen LogP contribution in [0.25, 0.3) is 0 Å². The predicted molar refractivity (Wildman–Crippen MR) is 83.7 cm³/mol. The van der Waals surface area contributed by atoms with Crippen molar-refractivity contribution in [2.45, 2.75) is 44.8 Å². The van der Waals surface area contributed by atoms with Crippen molar-refractivity contribution in [3.63, 3.8) is 0 Å². The lowest BCUT2D eigenvalue weighted by Gasteiger charge is -2.28. The van der Waals surface area contributed by atoms with E-state index in [0.29, 0.717) is 18.6 Å². The molecule has 0 saturated carbocycles. The number of aromatic nitrogens is 2. The molecular formula is C16H26N4O2. The smallest absolute Gasteiger partial charge is 0.317 e. The topological polar surface area (TPSA) is 59.4 Å². The summed E-state index contributed by atoms with van der Waals surface area (Å²) >= 11 is 0. The minimum atomic E-state index is 0.0226. The molecular weight excluding hydrogens is 280 g/mol. The molecule has 3 heterocycles. The van der Waals surface area contributed by atoms with Gasteiger partial charge in [-0.15, -0.1) is 0 Å². The molecule has 2 aliphatic heterocycles. The molecule has 2 aliphatic rings. The number of rotatable bonds is 5. The Kier molecular flexibility index (Phi) is 4.97. The Morgan fingerprint density at radius 2 is 2.45 bits per heavy atom. The molecule has 6 nitrogen and oxygen atoms in total. The SMILES string of the molecule is CN(CC1CCc2nccn2C1)C(=O)NCCC1CCCO1. The summed E-state index contributed by atoms with van der Waals surface area (Å²) < 4.78 is 7.77. The van der Waals surface area contributed by atoms with Crippen LogP contribution in [0.2, 0.25) is 0 Å². The molecule has 0 radical (unpaired) electrons. The summed E-state index contributed by atoms with van der Waals surface area (Å²) in [6, 6.07) is 0.0226. The minimum Gasteiger partial charge on any atom is -0.378 e. The molecule has 1 aromatic rings. The molecule has 0 spiro atoms. The largest absolute Gasteiger partial charge is 0.378 e. The summed E-state index contributed by atoms with van der Waals surface area (Å²) in [6.07, 6.45) is 9.53. The number of urea groups is 1. The Morgan fingerprint density at radius 1 is 1.55 bits per heavy atom. The highest BCUT2D eigenvalue weighted by Crippen LogP contribution is 2.19. The first-order valence-corrected chi connectivity index (χ1v) is 8.33. The quantitative estimate of drug-likeness (QED) is 0.900. The number of nitrogens with zero attached hydrogens (tertiary/aromatic N) is 3. The van der Waals surface area contributed by atoms with E-state index in [0.717, 1.165) is 51.8 Å². The molecule has 0 aliphatic carbocycles. The molecule has 22 heavy (non-hydrogen) atoms. The number of carbonyl (C=O) groups excluding carboxylic acids is 1. The minimum absolute atomic E-state index is 0.0226. The van der Waals surface area contributed by atoms with Crippen molar-refractivity contribution in [3.8, 4) is 0 Å².